The topological polar surface area (TPSA) is 0 Å². The molecule has 0 heterocycles. The monoisotopic (exact) mass is 272 g/mol. The maximum Gasteiger partial charge on any atom is 0.0184 e. The Labute approximate surface area is 99.6 Å². The fourth-order valence-corrected chi connectivity index (χ4v) is 3.05. The summed E-state index contributed by atoms with van der Waals surface area (Å²) in [5, 5.41) is 1.12. The van der Waals surface area contributed by atoms with Crippen molar-refractivity contribution in [3.63, 3.8) is 0 Å². The van der Waals surface area contributed by atoms with Gasteiger partial charge in [-0.2, -0.15) is 11.8 Å². The average Bonchev–Trinajstić information content (AvgIpc) is 2.11. The molecule has 0 atom stereocenters. The summed E-state index contributed by atoms with van der Waals surface area (Å²) >= 11 is 5.46. The first-order chi connectivity index (χ1) is 6.72. The Bertz CT molecular complexity index is 263. The van der Waals surface area contributed by atoms with Crippen LogP contribution in [0.2, 0.25) is 0 Å². The second-order valence-corrected chi connectivity index (χ2v) is 5.49. The third-order valence-electron chi connectivity index (χ3n) is 1.97. The largest absolute Gasteiger partial charge is 0.157 e. The van der Waals surface area contributed by atoms with Gasteiger partial charge in [0.05, 0.1) is 0 Å². The maximum absolute atomic E-state index is 3.45. The predicted molar refractivity (Wildman–Crippen MR) is 70.5 cm³/mol. The first-order valence-corrected chi connectivity index (χ1v) is 7.21. The van der Waals surface area contributed by atoms with Crippen molar-refractivity contribution < 1.29 is 0 Å². The Morgan fingerprint density at radius 1 is 1.14 bits per heavy atom. The van der Waals surface area contributed by atoms with E-state index in [1.807, 2.05) is 11.8 Å². The molecule has 14 heavy (non-hydrogen) atoms. The molecule has 0 bridgehead atoms. The Morgan fingerprint density at radius 2 is 1.79 bits per heavy atom. The van der Waals surface area contributed by atoms with E-state index in [9.17, 15) is 0 Å². The van der Waals surface area contributed by atoms with Crippen molar-refractivity contribution in [3.8, 4) is 0 Å². The zero-order valence-electron chi connectivity index (χ0n) is 8.85. The van der Waals surface area contributed by atoms with Gasteiger partial charge in [0.25, 0.3) is 0 Å². The summed E-state index contributed by atoms with van der Waals surface area (Å²) in [6.45, 7) is 4.33. The number of halogens is 1. The first-order valence-electron chi connectivity index (χ1n) is 4.93. The third-order valence-corrected chi connectivity index (χ3v) is 3.65. The molecular formula is C12H17BrS. The molecule has 0 unspecified atom stereocenters. The lowest BCUT2D eigenvalue weighted by atomic mass is 10.1. The molecule has 1 rings (SSSR count). The molecule has 0 amide bonds. The van der Waals surface area contributed by atoms with Crippen LogP contribution < -0.4 is 0 Å². The molecule has 2 heteroatoms. The van der Waals surface area contributed by atoms with E-state index in [0.717, 1.165) is 11.1 Å². The zero-order valence-corrected chi connectivity index (χ0v) is 11.2. The Kier molecular flexibility index (Phi) is 5.64. The van der Waals surface area contributed by atoms with Crippen LogP contribution in [0.25, 0.3) is 0 Å². The summed E-state index contributed by atoms with van der Waals surface area (Å²) in [5.41, 5.74) is 4.21. The van der Waals surface area contributed by atoms with E-state index in [1.54, 1.807) is 0 Å². The van der Waals surface area contributed by atoms with Crippen molar-refractivity contribution in [1.29, 1.82) is 0 Å². The number of hydrogen-bond acceptors (Lipinski definition) is 1. The Morgan fingerprint density at radius 3 is 2.36 bits per heavy atom. The Hall–Kier alpha value is 0.0500. The Balaban J connectivity index is 2.42. The lowest BCUT2D eigenvalue weighted by Crippen LogP contribution is -1.87. The number of thioether (sulfide) groups is 1. The zero-order chi connectivity index (χ0) is 10.4. The second kappa shape index (κ2) is 6.52. The van der Waals surface area contributed by atoms with Gasteiger partial charge in [0.1, 0.15) is 0 Å². The summed E-state index contributed by atoms with van der Waals surface area (Å²) in [6.07, 6.45) is 1.26. The van der Waals surface area contributed by atoms with Gasteiger partial charge in [-0.1, -0.05) is 45.3 Å². The van der Waals surface area contributed by atoms with Crippen molar-refractivity contribution in [2.75, 3.05) is 11.1 Å². The van der Waals surface area contributed by atoms with Crippen LogP contribution in [0.3, 0.4) is 0 Å². The number of hydrogen-bond donors (Lipinski definition) is 0. The molecule has 0 aliphatic carbocycles. The highest BCUT2D eigenvalue weighted by Gasteiger charge is 1.96. The normalized spacial score (nSPS) is 10.5. The number of alkyl halides is 1. The van der Waals surface area contributed by atoms with Crippen LogP contribution in [-0.4, -0.2) is 11.1 Å². The smallest absolute Gasteiger partial charge is 0.0184 e. The molecule has 78 valence electrons. The van der Waals surface area contributed by atoms with Gasteiger partial charge in [-0.25, -0.2) is 0 Å². The number of rotatable bonds is 5. The van der Waals surface area contributed by atoms with Crippen LogP contribution >= 0.6 is 27.7 Å². The quantitative estimate of drug-likeness (QED) is 0.568. The van der Waals surface area contributed by atoms with Crippen molar-refractivity contribution in [2.45, 2.75) is 26.0 Å². The van der Waals surface area contributed by atoms with Gasteiger partial charge in [0, 0.05) is 11.1 Å². The standard InChI is InChI=1S/C12H17BrS/c1-10-6-11(2)8-12(7-10)9-14-5-3-4-13/h6-8H,3-5,9H2,1-2H3. The van der Waals surface area contributed by atoms with Crippen LogP contribution in [0.15, 0.2) is 18.2 Å². The van der Waals surface area contributed by atoms with Crippen LogP contribution in [0.5, 0.6) is 0 Å². The van der Waals surface area contributed by atoms with E-state index < -0.39 is 0 Å². The molecule has 0 saturated heterocycles. The van der Waals surface area contributed by atoms with Crippen LogP contribution in [0, 0.1) is 13.8 Å². The van der Waals surface area contributed by atoms with E-state index in [2.05, 4.69) is 48.0 Å². The molecule has 0 spiro atoms. The van der Waals surface area contributed by atoms with Crippen LogP contribution in [-0.2, 0) is 5.75 Å². The number of aryl methyl sites for hydroxylation is 2. The van der Waals surface area contributed by atoms with E-state index in [0.29, 0.717) is 0 Å². The van der Waals surface area contributed by atoms with Gasteiger partial charge in [0.15, 0.2) is 0 Å². The SMILES string of the molecule is Cc1cc(C)cc(CSCCCBr)c1. The van der Waals surface area contributed by atoms with Crippen LogP contribution in [0.4, 0.5) is 0 Å². The van der Waals surface area contributed by atoms with Crippen LogP contribution in [0.1, 0.15) is 23.1 Å². The van der Waals surface area contributed by atoms with E-state index in [4.69, 9.17) is 0 Å². The molecule has 0 nitrogen and oxygen atoms in total. The minimum Gasteiger partial charge on any atom is -0.157 e. The number of benzene rings is 1. The van der Waals surface area contributed by atoms with Gasteiger partial charge < -0.3 is 0 Å². The molecule has 0 aliphatic rings. The lowest BCUT2D eigenvalue weighted by Gasteiger charge is -2.04. The van der Waals surface area contributed by atoms with E-state index in [-0.39, 0.29) is 0 Å². The van der Waals surface area contributed by atoms with Gasteiger partial charge in [-0.3, -0.25) is 0 Å². The van der Waals surface area contributed by atoms with E-state index >= 15 is 0 Å². The summed E-state index contributed by atoms with van der Waals surface area (Å²) in [7, 11) is 0. The second-order valence-electron chi connectivity index (χ2n) is 3.59. The van der Waals surface area contributed by atoms with Crippen molar-refractivity contribution in [3.05, 3.63) is 34.9 Å². The van der Waals surface area contributed by atoms with Crippen molar-refractivity contribution in [1.82, 2.24) is 0 Å². The molecule has 0 radical (unpaired) electrons. The molecule has 0 fully saturated rings. The molecular weight excluding hydrogens is 256 g/mol. The third kappa shape index (κ3) is 4.52. The van der Waals surface area contributed by atoms with Crippen molar-refractivity contribution in [2.24, 2.45) is 0 Å². The molecule has 1 aromatic carbocycles. The van der Waals surface area contributed by atoms with E-state index in [1.165, 1.54) is 28.9 Å². The van der Waals surface area contributed by atoms with Gasteiger partial charge in [-0.15, -0.1) is 0 Å². The molecule has 0 saturated carbocycles. The average molecular weight is 273 g/mol. The fraction of sp³-hybridized carbons (Fsp3) is 0.500. The van der Waals surface area contributed by atoms with Gasteiger partial charge >= 0.3 is 0 Å². The fourth-order valence-electron chi connectivity index (χ4n) is 1.50. The first kappa shape index (κ1) is 12.1. The predicted octanol–water partition coefficient (Wildman–Crippen LogP) is 4.32. The highest BCUT2D eigenvalue weighted by Crippen LogP contribution is 2.16. The summed E-state index contributed by atoms with van der Waals surface area (Å²) < 4.78 is 0. The summed E-state index contributed by atoms with van der Waals surface area (Å²) in [4.78, 5) is 0. The van der Waals surface area contributed by atoms with Crippen molar-refractivity contribution >= 4 is 27.7 Å². The maximum atomic E-state index is 3.45. The molecule has 0 N–H and O–H groups in total. The molecule has 0 aromatic heterocycles. The summed E-state index contributed by atoms with van der Waals surface area (Å²) in [5.74, 6) is 2.40. The molecule has 1 aromatic rings. The highest BCUT2D eigenvalue weighted by atomic mass is 79.9. The molecule has 0 aliphatic heterocycles. The lowest BCUT2D eigenvalue weighted by molar-refractivity contribution is 1.13. The minimum atomic E-state index is 1.12. The summed E-state index contributed by atoms with van der Waals surface area (Å²) in [6, 6.07) is 6.80. The highest BCUT2D eigenvalue weighted by molar-refractivity contribution is 9.09. The van der Waals surface area contributed by atoms with Gasteiger partial charge in [-0.05, 0) is 31.6 Å². The minimum absolute atomic E-state index is 1.12. The van der Waals surface area contributed by atoms with Gasteiger partial charge in [0.2, 0.25) is 0 Å².